The summed E-state index contributed by atoms with van der Waals surface area (Å²) in [6, 6.07) is 0. The second-order valence-electron chi connectivity index (χ2n) is 6.13. The minimum absolute atomic E-state index is 0.0955. The van der Waals surface area contributed by atoms with Crippen LogP contribution in [-0.2, 0) is 23.1 Å². The molecule has 0 atom stereocenters. The molecule has 0 fully saturated rings. The predicted molar refractivity (Wildman–Crippen MR) is 98.7 cm³/mol. The number of methoxy groups -OCH3 is 1. The van der Waals surface area contributed by atoms with Gasteiger partial charge in [-0.3, -0.25) is 0 Å². The highest BCUT2D eigenvalue weighted by Gasteiger charge is 2.13. The summed E-state index contributed by atoms with van der Waals surface area (Å²) in [6.07, 6.45) is 7.06. The molecule has 0 spiro atoms. The van der Waals surface area contributed by atoms with Gasteiger partial charge in [-0.2, -0.15) is 0 Å². The third-order valence-corrected chi connectivity index (χ3v) is 3.92. The molecule has 0 radical (unpaired) electrons. The Morgan fingerprint density at radius 1 is 1.50 bits per heavy atom. The number of aryl methyl sites for hydroxylation is 1. The third kappa shape index (κ3) is 6.97. The maximum atomic E-state index is 12.0. The third-order valence-electron chi connectivity index (χ3n) is 2.86. The van der Waals surface area contributed by atoms with Crippen molar-refractivity contribution >= 4 is 17.7 Å². The molecule has 130 valence electrons. The Bertz CT molecular complexity index is 685. The highest BCUT2D eigenvalue weighted by Crippen LogP contribution is 2.26. The van der Waals surface area contributed by atoms with Gasteiger partial charge in [-0.1, -0.05) is 29.7 Å². The molecule has 1 heterocycles. The van der Waals surface area contributed by atoms with Crippen LogP contribution in [0.2, 0.25) is 0 Å². The van der Waals surface area contributed by atoms with Crippen molar-refractivity contribution in [3.05, 3.63) is 40.3 Å². The molecule has 0 aromatic carbocycles. The van der Waals surface area contributed by atoms with E-state index in [4.69, 9.17) is 4.74 Å². The topological polar surface area (TPSA) is 56.2 Å². The Morgan fingerprint density at radius 2 is 2.21 bits per heavy atom. The summed E-state index contributed by atoms with van der Waals surface area (Å²) in [7, 11) is 3.29. The van der Waals surface area contributed by atoms with Gasteiger partial charge in [0.2, 0.25) is 0 Å². The van der Waals surface area contributed by atoms with Gasteiger partial charge in [-0.25, -0.2) is 9.78 Å². The summed E-state index contributed by atoms with van der Waals surface area (Å²) in [5.41, 5.74) is 0.918. The zero-order chi connectivity index (χ0) is 18.2. The van der Waals surface area contributed by atoms with Crippen molar-refractivity contribution in [3.8, 4) is 11.8 Å². The van der Waals surface area contributed by atoms with Crippen LogP contribution in [-0.4, -0.2) is 22.6 Å². The highest BCUT2D eigenvalue weighted by molar-refractivity contribution is 8.07. The number of allylic oxidation sites excluding steroid dienone is 2. The summed E-state index contributed by atoms with van der Waals surface area (Å²) in [5, 5.41) is 3.13. The lowest BCUT2D eigenvalue weighted by molar-refractivity contribution is -0.135. The number of hydrogen-bond donors (Lipinski definition) is 1. The largest absolute Gasteiger partial charge is 0.465 e. The number of carbonyl (C=O) groups excluding carboxylic acids is 1. The first-order valence-corrected chi connectivity index (χ1v) is 8.43. The number of hydrogen-bond acceptors (Lipinski definition) is 5. The number of rotatable bonds is 6. The maximum Gasteiger partial charge on any atom is 0.346 e. The molecule has 24 heavy (non-hydrogen) atoms. The monoisotopic (exact) mass is 347 g/mol. The lowest BCUT2D eigenvalue weighted by atomic mass is 9.98. The number of nitrogens with zero attached hydrogens (tertiary/aromatic N) is 2. The van der Waals surface area contributed by atoms with Gasteiger partial charge in [0, 0.05) is 24.9 Å². The molecule has 1 aromatic heterocycles. The van der Waals surface area contributed by atoms with E-state index >= 15 is 0 Å². The Labute approximate surface area is 148 Å². The van der Waals surface area contributed by atoms with E-state index < -0.39 is 5.97 Å². The average Bonchev–Trinajstić information content (AvgIpc) is 2.93. The van der Waals surface area contributed by atoms with Crippen molar-refractivity contribution in [3.63, 3.8) is 0 Å². The average molecular weight is 347 g/mol. The number of nitrogens with one attached hydrogen (secondary N) is 1. The Morgan fingerprint density at radius 3 is 2.71 bits per heavy atom. The van der Waals surface area contributed by atoms with Crippen molar-refractivity contribution in [1.29, 1.82) is 0 Å². The molecule has 5 nitrogen and oxygen atoms in total. The molecule has 0 bridgehead atoms. The highest BCUT2D eigenvalue weighted by atomic mass is 32.2. The number of esters is 1. The molecular formula is C18H25N3O2S. The van der Waals surface area contributed by atoms with Gasteiger partial charge in [0.15, 0.2) is 0 Å². The predicted octanol–water partition coefficient (Wildman–Crippen LogP) is 3.21. The summed E-state index contributed by atoms with van der Waals surface area (Å²) >= 11 is 1.29. The van der Waals surface area contributed by atoms with Crippen LogP contribution < -0.4 is 5.32 Å². The Balaban J connectivity index is 2.84. The molecular weight excluding hydrogens is 322 g/mol. The van der Waals surface area contributed by atoms with E-state index in [1.165, 1.54) is 18.9 Å². The fourth-order valence-electron chi connectivity index (χ4n) is 1.56. The summed E-state index contributed by atoms with van der Waals surface area (Å²) in [5.74, 6) is 5.89. The summed E-state index contributed by atoms with van der Waals surface area (Å²) in [4.78, 5) is 17.3. The summed E-state index contributed by atoms with van der Waals surface area (Å²) in [6.45, 7) is 8.60. The number of ether oxygens (including phenoxy) is 1. The van der Waals surface area contributed by atoms with E-state index in [9.17, 15) is 4.79 Å². The van der Waals surface area contributed by atoms with E-state index in [0.29, 0.717) is 11.4 Å². The first-order chi connectivity index (χ1) is 11.3. The van der Waals surface area contributed by atoms with E-state index in [-0.39, 0.29) is 5.41 Å². The van der Waals surface area contributed by atoms with Gasteiger partial charge in [0.1, 0.15) is 4.91 Å². The van der Waals surface area contributed by atoms with Crippen LogP contribution in [0.1, 0.15) is 33.4 Å². The minimum atomic E-state index is -0.394. The molecule has 0 saturated carbocycles. The molecule has 0 aliphatic carbocycles. The van der Waals surface area contributed by atoms with Gasteiger partial charge < -0.3 is 14.6 Å². The normalized spacial score (nSPS) is 12.4. The Kier molecular flexibility index (Phi) is 7.66. The lowest BCUT2D eigenvalue weighted by Gasteiger charge is -2.09. The standard InChI is InChI=1S/C18H25N3O2S/c1-7-15(8-9-18(2,3)4)24-16(17(22)23-6)12-19-10-14-11-20-13-21(14)5/h7,11-13,19H,10H2,1-6H3/b15-7-,16-12+. The molecule has 0 amide bonds. The fraction of sp³-hybridized carbons (Fsp3) is 0.444. The second kappa shape index (κ2) is 9.24. The molecule has 6 heteroatoms. The van der Waals surface area contributed by atoms with E-state index in [2.05, 4.69) is 22.1 Å². The van der Waals surface area contributed by atoms with Gasteiger partial charge in [-0.15, -0.1) is 0 Å². The van der Waals surface area contributed by atoms with Gasteiger partial charge >= 0.3 is 5.97 Å². The molecule has 0 aliphatic heterocycles. The molecule has 1 aromatic rings. The van der Waals surface area contributed by atoms with Crippen molar-refractivity contribution in [2.75, 3.05) is 7.11 Å². The second-order valence-corrected chi connectivity index (χ2v) is 7.22. The zero-order valence-corrected chi connectivity index (χ0v) is 16.0. The van der Waals surface area contributed by atoms with Gasteiger partial charge in [0.25, 0.3) is 0 Å². The van der Waals surface area contributed by atoms with Crippen LogP contribution in [0.25, 0.3) is 0 Å². The fourth-order valence-corrected chi connectivity index (χ4v) is 2.32. The van der Waals surface area contributed by atoms with Crippen LogP contribution in [0, 0.1) is 17.3 Å². The van der Waals surface area contributed by atoms with Crippen molar-refractivity contribution < 1.29 is 9.53 Å². The lowest BCUT2D eigenvalue weighted by Crippen LogP contribution is -2.12. The minimum Gasteiger partial charge on any atom is -0.465 e. The van der Waals surface area contributed by atoms with Crippen LogP contribution in [0.4, 0.5) is 0 Å². The van der Waals surface area contributed by atoms with Crippen molar-refractivity contribution in [2.45, 2.75) is 34.2 Å². The number of imidazole rings is 1. The quantitative estimate of drug-likeness (QED) is 0.486. The first kappa shape index (κ1) is 19.9. The number of thioether (sulfide) groups is 1. The van der Waals surface area contributed by atoms with Crippen LogP contribution in [0.15, 0.2) is 34.6 Å². The molecule has 0 saturated heterocycles. The van der Waals surface area contributed by atoms with Gasteiger partial charge in [0.05, 0.1) is 30.6 Å². The van der Waals surface area contributed by atoms with E-state index in [0.717, 1.165) is 10.6 Å². The van der Waals surface area contributed by atoms with Crippen molar-refractivity contribution in [1.82, 2.24) is 14.9 Å². The van der Waals surface area contributed by atoms with Crippen LogP contribution >= 0.6 is 11.8 Å². The van der Waals surface area contributed by atoms with E-state index in [1.807, 2.05) is 45.4 Å². The number of carbonyl (C=O) groups is 1. The smallest absolute Gasteiger partial charge is 0.346 e. The summed E-state index contributed by atoms with van der Waals surface area (Å²) < 4.78 is 6.77. The van der Waals surface area contributed by atoms with Crippen molar-refractivity contribution in [2.24, 2.45) is 12.5 Å². The SMILES string of the molecule is C/C=C(/C#CC(C)(C)C)S/C(=C/NCc1cncn1C)C(=O)OC. The molecule has 0 unspecified atom stereocenters. The number of aromatic nitrogens is 2. The Hall–Kier alpha value is -2.13. The molecule has 1 N–H and O–H groups in total. The first-order valence-electron chi connectivity index (χ1n) is 7.61. The molecule has 0 aliphatic rings. The van der Waals surface area contributed by atoms with Gasteiger partial charge in [-0.05, 0) is 27.7 Å². The zero-order valence-electron chi connectivity index (χ0n) is 15.1. The maximum absolute atomic E-state index is 12.0. The van der Waals surface area contributed by atoms with E-state index in [1.54, 1.807) is 18.7 Å². The molecule has 1 rings (SSSR count). The van der Waals surface area contributed by atoms with Crippen LogP contribution in [0.5, 0.6) is 0 Å². The van der Waals surface area contributed by atoms with Crippen LogP contribution in [0.3, 0.4) is 0 Å².